The SMILES string of the molecule is C[C@@H]1CNCCN1S(=O)(=O)C1CCCN(C(=O)C2CCCC2)C1.Cl. The van der Waals surface area contributed by atoms with E-state index in [-0.39, 0.29) is 30.3 Å². The monoisotopic (exact) mass is 379 g/mol. The van der Waals surface area contributed by atoms with Gasteiger partial charge in [0.2, 0.25) is 15.9 Å². The number of piperazine rings is 1. The van der Waals surface area contributed by atoms with Crippen LogP contribution in [0, 0.1) is 5.92 Å². The van der Waals surface area contributed by atoms with Gasteiger partial charge in [0, 0.05) is 44.7 Å². The molecule has 140 valence electrons. The van der Waals surface area contributed by atoms with E-state index in [1.54, 1.807) is 4.31 Å². The Balaban J connectivity index is 0.00000208. The van der Waals surface area contributed by atoms with Gasteiger partial charge in [-0.25, -0.2) is 8.42 Å². The Labute approximate surface area is 151 Å². The molecule has 2 aliphatic heterocycles. The molecule has 1 N–H and O–H groups in total. The first-order chi connectivity index (χ1) is 11.0. The minimum atomic E-state index is -3.32. The highest BCUT2D eigenvalue weighted by Gasteiger charge is 2.40. The number of sulfonamides is 1. The van der Waals surface area contributed by atoms with Crippen molar-refractivity contribution in [3.05, 3.63) is 0 Å². The molecule has 0 aromatic carbocycles. The summed E-state index contributed by atoms with van der Waals surface area (Å²) in [5.41, 5.74) is 0. The van der Waals surface area contributed by atoms with Crippen LogP contribution in [0.1, 0.15) is 45.4 Å². The predicted octanol–water partition coefficient (Wildman–Crippen LogP) is 1.21. The minimum Gasteiger partial charge on any atom is -0.341 e. The van der Waals surface area contributed by atoms with Crippen LogP contribution in [0.25, 0.3) is 0 Å². The average Bonchev–Trinajstić information content (AvgIpc) is 3.09. The van der Waals surface area contributed by atoms with Gasteiger partial charge in [0.15, 0.2) is 0 Å². The summed E-state index contributed by atoms with van der Waals surface area (Å²) < 4.78 is 27.7. The first-order valence-electron chi connectivity index (χ1n) is 9.00. The third-order valence-electron chi connectivity index (χ3n) is 5.58. The molecule has 1 unspecified atom stereocenters. The van der Waals surface area contributed by atoms with Crippen molar-refractivity contribution < 1.29 is 13.2 Å². The summed E-state index contributed by atoms with van der Waals surface area (Å²) in [5, 5.41) is 2.80. The number of hydrogen-bond acceptors (Lipinski definition) is 4. The van der Waals surface area contributed by atoms with Crippen molar-refractivity contribution in [1.29, 1.82) is 0 Å². The van der Waals surface area contributed by atoms with Crippen molar-refractivity contribution in [3.8, 4) is 0 Å². The summed E-state index contributed by atoms with van der Waals surface area (Å²) in [4.78, 5) is 14.4. The topological polar surface area (TPSA) is 69.7 Å². The molecule has 0 aromatic rings. The number of carbonyl (C=O) groups excluding carboxylic acids is 1. The molecular weight excluding hydrogens is 350 g/mol. The van der Waals surface area contributed by atoms with E-state index < -0.39 is 15.3 Å². The highest BCUT2D eigenvalue weighted by molar-refractivity contribution is 7.89. The molecule has 3 fully saturated rings. The molecule has 3 aliphatic rings. The van der Waals surface area contributed by atoms with E-state index in [2.05, 4.69) is 5.32 Å². The van der Waals surface area contributed by atoms with Crippen LogP contribution < -0.4 is 5.32 Å². The molecule has 24 heavy (non-hydrogen) atoms. The van der Waals surface area contributed by atoms with E-state index in [0.717, 1.165) is 38.6 Å². The summed E-state index contributed by atoms with van der Waals surface area (Å²) in [7, 11) is -3.32. The fraction of sp³-hybridized carbons (Fsp3) is 0.938. The number of carbonyl (C=O) groups is 1. The Morgan fingerprint density at radius 1 is 1.08 bits per heavy atom. The number of amides is 1. The molecule has 2 heterocycles. The lowest BCUT2D eigenvalue weighted by molar-refractivity contribution is -0.136. The molecule has 0 spiro atoms. The summed E-state index contributed by atoms with van der Waals surface area (Å²) >= 11 is 0. The summed E-state index contributed by atoms with van der Waals surface area (Å²) in [5.74, 6) is 0.324. The largest absolute Gasteiger partial charge is 0.341 e. The van der Waals surface area contributed by atoms with Gasteiger partial charge in [0.25, 0.3) is 0 Å². The van der Waals surface area contributed by atoms with Crippen molar-refractivity contribution in [2.45, 2.75) is 56.7 Å². The number of halogens is 1. The van der Waals surface area contributed by atoms with Crippen LogP contribution in [0.4, 0.5) is 0 Å². The maximum atomic E-state index is 13.0. The Kier molecular flexibility index (Phi) is 6.93. The maximum absolute atomic E-state index is 13.0. The molecule has 6 nitrogen and oxygen atoms in total. The van der Waals surface area contributed by atoms with E-state index in [1.807, 2.05) is 11.8 Å². The van der Waals surface area contributed by atoms with Gasteiger partial charge in [-0.1, -0.05) is 12.8 Å². The summed E-state index contributed by atoms with van der Waals surface area (Å²) in [6.45, 7) is 5.01. The Morgan fingerprint density at radius 2 is 1.79 bits per heavy atom. The molecule has 8 heteroatoms. The van der Waals surface area contributed by atoms with Crippen LogP contribution in [-0.2, 0) is 14.8 Å². The van der Waals surface area contributed by atoms with Gasteiger partial charge in [-0.2, -0.15) is 4.31 Å². The van der Waals surface area contributed by atoms with Gasteiger partial charge in [0.05, 0.1) is 5.25 Å². The van der Waals surface area contributed by atoms with E-state index in [1.165, 1.54) is 0 Å². The number of likely N-dealkylation sites (tertiary alicyclic amines) is 1. The normalized spacial score (nSPS) is 30.1. The highest BCUT2D eigenvalue weighted by atomic mass is 35.5. The second-order valence-electron chi connectivity index (χ2n) is 7.24. The lowest BCUT2D eigenvalue weighted by atomic mass is 10.0. The molecule has 0 bridgehead atoms. The van der Waals surface area contributed by atoms with Gasteiger partial charge in [0.1, 0.15) is 0 Å². The molecule has 3 rings (SSSR count). The first kappa shape index (κ1) is 19.9. The maximum Gasteiger partial charge on any atom is 0.225 e. The van der Waals surface area contributed by atoms with Crippen molar-refractivity contribution in [2.75, 3.05) is 32.7 Å². The smallest absolute Gasteiger partial charge is 0.225 e. The molecule has 1 aliphatic carbocycles. The fourth-order valence-electron chi connectivity index (χ4n) is 4.20. The zero-order valence-corrected chi connectivity index (χ0v) is 16.1. The summed E-state index contributed by atoms with van der Waals surface area (Å²) in [6, 6.07) is -0.00494. The van der Waals surface area contributed by atoms with E-state index >= 15 is 0 Å². The van der Waals surface area contributed by atoms with Crippen LogP contribution in [0.3, 0.4) is 0 Å². The number of nitrogens with one attached hydrogen (secondary N) is 1. The highest BCUT2D eigenvalue weighted by Crippen LogP contribution is 2.29. The number of nitrogens with zero attached hydrogens (tertiary/aromatic N) is 2. The van der Waals surface area contributed by atoms with E-state index in [4.69, 9.17) is 0 Å². The van der Waals surface area contributed by atoms with Crippen molar-refractivity contribution in [2.24, 2.45) is 5.92 Å². The van der Waals surface area contributed by atoms with Crippen molar-refractivity contribution in [3.63, 3.8) is 0 Å². The molecule has 1 saturated carbocycles. The zero-order chi connectivity index (χ0) is 16.4. The number of piperidine rings is 1. The predicted molar refractivity (Wildman–Crippen MR) is 96.8 cm³/mol. The third kappa shape index (κ3) is 4.06. The second-order valence-corrected chi connectivity index (χ2v) is 9.40. The van der Waals surface area contributed by atoms with Gasteiger partial charge in [-0.15, -0.1) is 12.4 Å². The van der Waals surface area contributed by atoms with Crippen LogP contribution in [-0.4, -0.2) is 67.5 Å². The minimum absolute atomic E-state index is 0. The van der Waals surface area contributed by atoms with Gasteiger partial charge >= 0.3 is 0 Å². The second kappa shape index (κ2) is 8.34. The van der Waals surface area contributed by atoms with E-state index in [0.29, 0.717) is 32.6 Å². The molecule has 2 saturated heterocycles. The molecule has 2 atom stereocenters. The molecule has 0 radical (unpaired) electrons. The van der Waals surface area contributed by atoms with Crippen LogP contribution in [0.2, 0.25) is 0 Å². The lowest BCUT2D eigenvalue weighted by Gasteiger charge is -2.39. The van der Waals surface area contributed by atoms with Gasteiger partial charge < -0.3 is 10.2 Å². The number of hydrogen-bond donors (Lipinski definition) is 1. The third-order valence-corrected chi connectivity index (χ3v) is 8.01. The fourth-order valence-corrected chi connectivity index (χ4v) is 6.34. The summed E-state index contributed by atoms with van der Waals surface area (Å²) in [6.07, 6.45) is 5.67. The average molecular weight is 380 g/mol. The van der Waals surface area contributed by atoms with Crippen molar-refractivity contribution >= 4 is 28.3 Å². The standard InChI is InChI=1S/C16H29N3O3S.ClH/c1-13-11-17-8-10-19(13)23(21,22)15-7-4-9-18(12-15)16(20)14-5-2-3-6-14;/h13-15,17H,2-12H2,1H3;1H/t13-,15?;/m1./s1. The van der Waals surface area contributed by atoms with Crippen LogP contribution >= 0.6 is 12.4 Å². The Hall–Kier alpha value is -0.370. The van der Waals surface area contributed by atoms with Crippen LogP contribution in [0.5, 0.6) is 0 Å². The lowest BCUT2D eigenvalue weighted by Crippen LogP contribution is -2.57. The Morgan fingerprint density at radius 3 is 2.46 bits per heavy atom. The van der Waals surface area contributed by atoms with Crippen molar-refractivity contribution in [1.82, 2.24) is 14.5 Å². The quantitative estimate of drug-likeness (QED) is 0.800. The first-order valence-corrected chi connectivity index (χ1v) is 10.5. The zero-order valence-electron chi connectivity index (χ0n) is 14.4. The number of rotatable bonds is 3. The Bertz CT molecular complexity index is 537. The molecule has 0 aromatic heterocycles. The van der Waals surface area contributed by atoms with Gasteiger partial charge in [-0.05, 0) is 32.6 Å². The molecular formula is C16H30ClN3O3S. The van der Waals surface area contributed by atoms with E-state index in [9.17, 15) is 13.2 Å². The van der Waals surface area contributed by atoms with Crippen LogP contribution in [0.15, 0.2) is 0 Å². The molecule has 1 amide bonds. The van der Waals surface area contributed by atoms with Gasteiger partial charge in [-0.3, -0.25) is 4.79 Å².